The SMILES string of the molecule is CCCCn1c(N)c(N(C)C(=O)Cc2coc3cc(C)ccc23)c(=O)[nH]c1=O. The first-order chi connectivity index (χ1) is 13.3. The molecule has 0 unspecified atom stereocenters. The van der Waals surface area contributed by atoms with Crippen molar-refractivity contribution in [3.63, 3.8) is 0 Å². The summed E-state index contributed by atoms with van der Waals surface area (Å²) < 4.78 is 6.83. The normalized spacial score (nSPS) is 11.1. The second-order valence-electron chi connectivity index (χ2n) is 6.89. The van der Waals surface area contributed by atoms with Crippen molar-refractivity contribution in [2.24, 2.45) is 0 Å². The largest absolute Gasteiger partial charge is 0.464 e. The second-order valence-corrected chi connectivity index (χ2v) is 6.89. The molecule has 0 saturated heterocycles. The van der Waals surface area contributed by atoms with Crippen molar-refractivity contribution in [2.75, 3.05) is 17.7 Å². The van der Waals surface area contributed by atoms with Crippen molar-refractivity contribution in [1.29, 1.82) is 0 Å². The van der Waals surface area contributed by atoms with E-state index in [1.807, 2.05) is 32.0 Å². The van der Waals surface area contributed by atoms with Crippen LogP contribution < -0.4 is 21.9 Å². The lowest BCUT2D eigenvalue weighted by atomic mass is 10.1. The summed E-state index contributed by atoms with van der Waals surface area (Å²) in [5.74, 6) is -0.341. The molecule has 3 N–H and O–H groups in total. The molecule has 0 spiro atoms. The minimum Gasteiger partial charge on any atom is -0.464 e. The van der Waals surface area contributed by atoms with Crippen LogP contribution in [0.3, 0.4) is 0 Å². The van der Waals surface area contributed by atoms with Crippen LogP contribution in [0.15, 0.2) is 38.5 Å². The number of aromatic amines is 1. The van der Waals surface area contributed by atoms with Crippen LogP contribution in [-0.2, 0) is 17.8 Å². The van der Waals surface area contributed by atoms with Crippen LogP contribution in [0.1, 0.15) is 30.9 Å². The maximum Gasteiger partial charge on any atom is 0.330 e. The highest BCUT2D eigenvalue weighted by molar-refractivity contribution is 5.98. The maximum absolute atomic E-state index is 12.8. The van der Waals surface area contributed by atoms with E-state index < -0.39 is 11.2 Å². The van der Waals surface area contributed by atoms with Gasteiger partial charge >= 0.3 is 5.69 Å². The van der Waals surface area contributed by atoms with Gasteiger partial charge < -0.3 is 15.1 Å². The van der Waals surface area contributed by atoms with E-state index >= 15 is 0 Å². The third-order valence-electron chi connectivity index (χ3n) is 4.81. The van der Waals surface area contributed by atoms with Crippen molar-refractivity contribution in [1.82, 2.24) is 9.55 Å². The van der Waals surface area contributed by atoms with E-state index in [4.69, 9.17) is 10.2 Å². The van der Waals surface area contributed by atoms with Crippen molar-refractivity contribution in [2.45, 2.75) is 39.7 Å². The summed E-state index contributed by atoms with van der Waals surface area (Å²) in [6, 6.07) is 5.75. The number of nitrogens with zero attached hydrogens (tertiary/aromatic N) is 2. The molecule has 28 heavy (non-hydrogen) atoms. The van der Waals surface area contributed by atoms with Gasteiger partial charge in [0.05, 0.1) is 12.7 Å². The fourth-order valence-electron chi connectivity index (χ4n) is 3.17. The number of unbranched alkanes of at least 4 members (excludes halogenated alkanes) is 1. The van der Waals surface area contributed by atoms with Gasteiger partial charge in [-0.2, -0.15) is 0 Å². The molecule has 0 fully saturated rings. The number of H-pyrrole nitrogens is 1. The number of fused-ring (bicyclic) bond motifs is 1. The smallest absolute Gasteiger partial charge is 0.330 e. The number of nitrogen functional groups attached to an aromatic ring is 1. The van der Waals surface area contributed by atoms with Crippen LogP contribution in [-0.4, -0.2) is 22.5 Å². The molecule has 0 bridgehead atoms. The Morgan fingerprint density at radius 3 is 2.79 bits per heavy atom. The van der Waals surface area contributed by atoms with E-state index in [-0.39, 0.29) is 23.8 Å². The number of rotatable bonds is 6. The second kappa shape index (κ2) is 7.75. The standard InChI is InChI=1S/C20H24N4O4/c1-4-5-8-24-18(21)17(19(26)22-20(24)27)23(3)16(25)10-13-11-28-15-9-12(2)6-7-14(13)15/h6-7,9,11H,4-5,8,10,21H2,1-3H3,(H,22,26,27). The number of carbonyl (C=O) groups excluding carboxylic acids is 1. The molecule has 8 nitrogen and oxygen atoms in total. The van der Waals surface area contributed by atoms with Gasteiger partial charge in [0.1, 0.15) is 11.4 Å². The zero-order valence-corrected chi connectivity index (χ0v) is 16.2. The molecule has 2 aromatic heterocycles. The Morgan fingerprint density at radius 1 is 1.32 bits per heavy atom. The summed E-state index contributed by atoms with van der Waals surface area (Å²) in [4.78, 5) is 40.6. The maximum atomic E-state index is 12.8. The van der Waals surface area contributed by atoms with Gasteiger partial charge in [0.25, 0.3) is 5.56 Å². The number of carbonyl (C=O) groups is 1. The summed E-state index contributed by atoms with van der Waals surface area (Å²) in [6.07, 6.45) is 3.18. The quantitative estimate of drug-likeness (QED) is 0.676. The number of furan rings is 1. The predicted octanol–water partition coefficient (Wildman–Crippen LogP) is 2.18. The van der Waals surface area contributed by atoms with Gasteiger partial charge in [-0.05, 0) is 25.0 Å². The highest BCUT2D eigenvalue weighted by Crippen LogP contribution is 2.24. The molecule has 0 radical (unpaired) electrons. The summed E-state index contributed by atoms with van der Waals surface area (Å²) in [5.41, 5.74) is 7.29. The van der Waals surface area contributed by atoms with Gasteiger partial charge in [0, 0.05) is 24.5 Å². The van der Waals surface area contributed by atoms with Crippen molar-refractivity contribution in [3.05, 3.63) is 56.4 Å². The molecule has 0 aliphatic rings. The van der Waals surface area contributed by atoms with Crippen molar-refractivity contribution in [3.8, 4) is 0 Å². The van der Waals surface area contributed by atoms with E-state index in [1.165, 1.54) is 16.5 Å². The minimum absolute atomic E-state index is 0.00859. The number of nitrogens with one attached hydrogen (secondary N) is 1. The van der Waals surface area contributed by atoms with Gasteiger partial charge in [-0.15, -0.1) is 0 Å². The lowest BCUT2D eigenvalue weighted by Crippen LogP contribution is -2.39. The first-order valence-corrected chi connectivity index (χ1v) is 9.19. The van der Waals surface area contributed by atoms with Gasteiger partial charge in [-0.3, -0.25) is 19.1 Å². The van der Waals surface area contributed by atoms with Crippen LogP contribution in [0.2, 0.25) is 0 Å². The number of aromatic nitrogens is 2. The zero-order valence-electron chi connectivity index (χ0n) is 16.2. The Balaban J connectivity index is 1.92. The summed E-state index contributed by atoms with van der Waals surface area (Å²) in [6.45, 7) is 4.32. The minimum atomic E-state index is -0.682. The van der Waals surface area contributed by atoms with Crippen LogP contribution >= 0.6 is 0 Å². The van der Waals surface area contributed by atoms with E-state index in [9.17, 15) is 14.4 Å². The molecule has 148 valence electrons. The highest BCUT2D eigenvalue weighted by atomic mass is 16.3. The molecular weight excluding hydrogens is 360 g/mol. The van der Waals surface area contributed by atoms with Gasteiger partial charge in [0.2, 0.25) is 5.91 Å². The number of likely N-dealkylation sites (N-methyl/N-ethyl adjacent to an activating group) is 1. The topological polar surface area (TPSA) is 114 Å². The Hall–Kier alpha value is -3.29. The van der Waals surface area contributed by atoms with Gasteiger partial charge in [0.15, 0.2) is 5.69 Å². The third-order valence-corrected chi connectivity index (χ3v) is 4.81. The molecule has 1 aromatic carbocycles. The molecular formula is C20H24N4O4. The van der Waals surface area contributed by atoms with Crippen LogP contribution in [0.5, 0.6) is 0 Å². The molecule has 0 saturated carbocycles. The Labute approximate surface area is 161 Å². The molecule has 0 aliphatic carbocycles. The number of anilines is 2. The van der Waals surface area contributed by atoms with Crippen LogP contribution in [0, 0.1) is 6.92 Å². The lowest BCUT2D eigenvalue weighted by Gasteiger charge is -2.20. The Kier molecular flexibility index (Phi) is 5.39. The average molecular weight is 384 g/mol. The van der Waals surface area contributed by atoms with E-state index in [2.05, 4.69) is 4.98 Å². The number of hydrogen-bond donors (Lipinski definition) is 2. The van der Waals surface area contributed by atoms with Gasteiger partial charge in [-0.1, -0.05) is 25.5 Å². The molecule has 0 aliphatic heterocycles. The number of benzene rings is 1. The number of hydrogen-bond acceptors (Lipinski definition) is 5. The number of nitrogens with two attached hydrogens (primary N) is 1. The van der Waals surface area contributed by atoms with Gasteiger partial charge in [-0.25, -0.2) is 4.79 Å². The van der Waals surface area contributed by atoms with Crippen molar-refractivity contribution >= 4 is 28.4 Å². The van der Waals surface area contributed by atoms with E-state index in [0.29, 0.717) is 12.1 Å². The third kappa shape index (κ3) is 3.58. The molecule has 3 aromatic rings. The fraction of sp³-hybridized carbons (Fsp3) is 0.350. The summed E-state index contributed by atoms with van der Waals surface area (Å²) >= 11 is 0. The molecule has 3 rings (SSSR count). The summed E-state index contributed by atoms with van der Waals surface area (Å²) in [5, 5.41) is 0.849. The number of amides is 1. The zero-order chi connectivity index (χ0) is 20.4. The van der Waals surface area contributed by atoms with Crippen molar-refractivity contribution < 1.29 is 9.21 Å². The fourth-order valence-corrected chi connectivity index (χ4v) is 3.17. The lowest BCUT2D eigenvalue weighted by molar-refractivity contribution is -0.117. The highest BCUT2D eigenvalue weighted by Gasteiger charge is 2.22. The Morgan fingerprint density at radius 2 is 2.07 bits per heavy atom. The number of aryl methyl sites for hydroxylation is 1. The van der Waals surface area contributed by atoms with E-state index in [0.717, 1.165) is 29.4 Å². The monoisotopic (exact) mass is 384 g/mol. The van der Waals surface area contributed by atoms with Crippen LogP contribution in [0.4, 0.5) is 11.5 Å². The average Bonchev–Trinajstić information content (AvgIpc) is 3.02. The Bertz CT molecular complexity index is 1140. The predicted molar refractivity (Wildman–Crippen MR) is 109 cm³/mol. The van der Waals surface area contributed by atoms with Crippen LogP contribution in [0.25, 0.3) is 11.0 Å². The molecule has 2 heterocycles. The molecule has 8 heteroatoms. The van der Waals surface area contributed by atoms with E-state index in [1.54, 1.807) is 6.26 Å². The summed E-state index contributed by atoms with van der Waals surface area (Å²) in [7, 11) is 1.48. The first kappa shape index (κ1) is 19.5. The molecule has 1 amide bonds. The first-order valence-electron chi connectivity index (χ1n) is 9.19. The molecule has 0 atom stereocenters.